The van der Waals surface area contributed by atoms with Crippen LogP contribution in [-0.2, 0) is 24.4 Å². The van der Waals surface area contributed by atoms with Crippen LogP contribution in [0.3, 0.4) is 0 Å². The predicted molar refractivity (Wildman–Crippen MR) is 111 cm³/mol. The van der Waals surface area contributed by atoms with Gasteiger partial charge in [0.2, 0.25) is 5.91 Å². The van der Waals surface area contributed by atoms with Crippen molar-refractivity contribution in [3.63, 3.8) is 0 Å². The highest BCUT2D eigenvalue weighted by Crippen LogP contribution is 2.32. The van der Waals surface area contributed by atoms with Crippen LogP contribution < -0.4 is 10.5 Å². The maximum Gasteiger partial charge on any atom is 0.237 e. The van der Waals surface area contributed by atoms with Crippen molar-refractivity contribution in [3.8, 4) is 5.75 Å². The first-order chi connectivity index (χ1) is 13.6. The Morgan fingerprint density at radius 2 is 2.00 bits per heavy atom. The van der Waals surface area contributed by atoms with E-state index in [0.717, 1.165) is 24.4 Å². The molecule has 1 saturated carbocycles. The molecule has 1 fully saturated rings. The molecule has 1 heterocycles. The zero-order valence-corrected chi connectivity index (χ0v) is 16.3. The molecule has 1 aliphatic carbocycles. The van der Waals surface area contributed by atoms with Crippen molar-refractivity contribution >= 4 is 16.8 Å². The largest absolute Gasteiger partial charge is 0.494 e. The number of benzene rings is 2. The highest BCUT2D eigenvalue weighted by molar-refractivity contribution is 5.85. The van der Waals surface area contributed by atoms with E-state index in [0.29, 0.717) is 12.6 Å². The minimum Gasteiger partial charge on any atom is -0.494 e. The number of nitrogens with two attached hydrogens (primary N) is 1. The lowest BCUT2D eigenvalue weighted by molar-refractivity contribution is -0.118. The Hall–Kier alpha value is -2.79. The van der Waals surface area contributed by atoms with E-state index in [9.17, 15) is 4.79 Å². The average molecular weight is 377 g/mol. The number of carbonyl (C=O) groups excluding carboxylic acids is 1. The van der Waals surface area contributed by atoms with E-state index < -0.39 is 0 Å². The molecule has 28 heavy (non-hydrogen) atoms. The molecule has 0 bridgehead atoms. The summed E-state index contributed by atoms with van der Waals surface area (Å²) in [5.74, 6) is 0.605. The molecule has 146 valence electrons. The lowest BCUT2D eigenvalue weighted by Gasteiger charge is -2.22. The van der Waals surface area contributed by atoms with Crippen molar-refractivity contribution in [2.24, 2.45) is 5.73 Å². The van der Waals surface area contributed by atoms with E-state index in [2.05, 4.69) is 41.4 Å². The van der Waals surface area contributed by atoms with Crippen molar-refractivity contribution in [2.75, 3.05) is 6.61 Å². The van der Waals surface area contributed by atoms with Gasteiger partial charge in [0.05, 0.1) is 6.61 Å². The summed E-state index contributed by atoms with van der Waals surface area (Å²) in [4.78, 5) is 14.0. The Bertz CT molecular complexity index is 975. The van der Waals surface area contributed by atoms with E-state index in [-0.39, 0.29) is 12.5 Å². The van der Waals surface area contributed by atoms with E-state index in [4.69, 9.17) is 10.5 Å². The number of ether oxygens (including phenoxy) is 1. The molecule has 3 aromatic rings. The smallest absolute Gasteiger partial charge is 0.237 e. The standard InChI is InChI=1S/C23H27N3O2/c1-2-28-20-7-5-6-17(12-20)13-25(19-10-11-19)14-18-15-26(16-23(24)27)22-9-4-3-8-21(18)22/h3-9,12,15,19H,2,10-11,13-14,16H2,1H3,(H2,24,27). The molecule has 0 spiro atoms. The van der Waals surface area contributed by atoms with Crippen molar-refractivity contribution in [2.45, 2.75) is 45.4 Å². The molecule has 1 aliphatic rings. The van der Waals surface area contributed by atoms with Crippen LogP contribution in [0.1, 0.15) is 30.9 Å². The summed E-state index contributed by atoms with van der Waals surface area (Å²) in [6.45, 7) is 4.64. The first-order valence-corrected chi connectivity index (χ1v) is 9.95. The van der Waals surface area contributed by atoms with Crippen molar-refractivity contribution < 1.29 is 9.53 Å². The van der Waals surface area contributed by atoms with E-state index in [1.54, 1.807) is 0 Å². The highest BCUT2D eigenvalue weighted by atomic mass is 16.5. The number of hydrogen-bond donors (Lipinski definition) is 1. The van der Waals surface area contributed by atoms with E-state index in [1.165, 1.54) is 29.4 Å². The molecule has 5 nitrogen and oxygen atoms in total. The topological polar surface area (TPSA) is 60.5 Å². The molecule has 5 heteroatoms. The first kappa shape index (κ1) is 18.6. The number of rotatable bonds is 9. The van der Waals surface area contributed by atoms with Gasteiger partial charge in [-0.1, -0.05) is 30.3 Å². The van der Waals surface area contributed by atoms with Gasteiger partial charge in [-0.05, 0) is 49.1 Å². The van der Waals surface area contributed by atoms with Crippen molar-refractivity contribution in [3.05, 3.63) is 65.9 Å². The summed E-state index contributed by atoms with van der Waals surface area (Å²) in [5.41, 5.74) is 9.01. The Kier molecular flexibility index (Phi) is 5.35. The van der Waals surface area contributed by atoms with E-state index >= 15 is 0 Å². The molecule has 4 rings (SSSR count). The molecular weight excluding hydrogens is 350 g/mol. The first-order valence-electron chi connectivity index (χ1n) is 9.95. The minimum atomic E-state index is -0.320. The van der Waals surface area contributed by atoms with Gasteiger partial charge in [-0.3, -0.25) is 9.69 Å². The Labute approximate surface area is 165 Å². The van der Waals surface area contributed by atoms with Crippen LogP contribution in [0.15, 0.2) is 54.7 Å². The number of amides is 1. The molecule has 2 N–H and O–H groups in total. The fourth-order valence-corrected chi connectivity index (χ4v) is 3.85. The second-order valence-corrected chi connectivity index (χ2v) is 7.48. The molecule has 0 unspecified atom stereocenters. The van der Waals surface area contributed by atoms with Gasteiger partial charge >= 0.3 is 0 Å². The number of fused-ring (bicyclic) bond motifs is 1. The van der Waals surface area contributed by atoms with Crippen molar-refractivity contribution in [1.29, 1.82) is 0 Å². The number of para-hydroxylation sites is 1. The van der Waals surface area contributed by atoms with Gasteiger partial charge in [-0.2, -0.15) is 0 Å². The van der Waals surface area contributed by atoms with Crippen molar-refractivity contribution in [1.82, 2.24) is 9.47 Å². The maximum atomic E-state index is 11.5. The van der Waals surface area contributed by atoms with Crippen LogP contribution in [-0.4, -0.2) is 28.0 Å². The number of nitrogens with zero attached hydrogens (tertiary/aromatic N) is 2. The zero-order valence-electron chi connectivity index (χ0n) is 16.3. The zero-order chi connectivity index (χ0) is 19.5. The molecule has 0 aliphatic heterocycles. The number of aromatic nitrogens is 1. The Morgan fingerprint density at radius 3 is 2.75 bits per heavy atom. The number of hydrogen-bond acceptors (Lipinski definition) is 3. The second kappa shape index (κ2) is 8.07. The van der Waals surface area contributed by atoms with Crippen LogP contribution >= 0.6 is 0 Å². The molecule has 1 aromatic heterocycles. The van der Waals surface area contributed by atoms with Crippen LogP contribution in [0.5, 0.6) is 5.75 Å². The minimum absolute atomic E-state index is 0.209. The number of carbonyl (C=O) groups is 1. The lowest BCUT2D eigenvalue weighted by atomic mass is 10.1. The maximum absolute atomic E-state index is 11.5. The SMILES string of the molecule is CCOc1cccc(CN(Cc2cn(CC(N)=O)c3ccccc23)C2CC2)c1. The third-order valence-corrected chi connectivity index (χ3v) is 5.23. The Balaban J connectivity index is 1.59. The summed E-state index contributed by atoms with van der Waals surface area (Å²) in [6, 6.07) is 17.2. The van der Waals surface area contributed by atoms with E-state index in [1.807, 2.05) is 29.7 Å². The van der Waals surface area contributed by atoms with Gasteiger partial charge in [0.1, 0.15) is 12.3 Å². The summed E-state index contributed by atoms with van der Waals surface area (Å²) >= 11 is 0. The van der Waals surface area contributed by atoms with Gasteiger partial charge < -0.3 is 15.0 Å². The third-order valence-electron chi connectivity index (χ3n) is 5.23. The summed E-state index contributed by atoms with van der Waals surface area (Å²) in [6.07, 6.45) is 4.57. The normalized spacial score (nSPS) is 13.9. The van der Waals surface area contributed by atoms with Crippen LogP contribution in [0.25, 0.3) is 10.9 Å². The fourth-order valence-electron chi connectivity index (χ4n) is 3.85. The van der Waals surface area contributed by atoms with Gasteiger partial charge in [0.25, 0.3) is 0 Å². The molecule has 0 radical (unpaired) electrons. The summed E-state index contributed by atoms with van der Waals surface area (Å²) < 4.78 is 7.62. The fraction of sp³-hybridized carbons (Fsp3) is 0.348. The molecular formula is C23H27N3O2. The Morgan fingerprint density at radius 1 is 1.18 bits per heavy atom. The average Bonchev–Trinajstić information content (AvgIpc) is 3.47. The van der Waals surface area contributed by atoms with Gasteiger partial charge in [0.15, 0.2) is 0 Å². The second-order valence-electron chi connectivity index (χ2n) is 7.48. The summed E-state index contributed by atoms with van der Waals surface area (Å²) in [5, 5.41) is 1.19. The summed E-state index contributed by atoms with van der Waals surface area (Å²) in [7, 11) is 0. The quantitative estimate of drug-likeness (QED) is 0.619. The van der Waals surface area contributed by atoms with Crippen LogP contribution in [0.4, 0.5) is 0 Å². The highest BCUT2D eigenvalue weighted by Gasteiger charge is 2.29. The lowest BCUT2D eigenvalue weighted by Crippen LogP contribution is -2.25. The monoisotopic (exact) mass is 377 g/mol. The van der Waals surface area contributed by atoms with Crippen LogP contribution in [0.2, 0.25) is 0 Å². The molecule has 0 saturated heterocycles. The van der Waals surface area contributed by atoms with Gasteiger partial charge in [0, 0.05) is 36.2 Å². The number of primary amides is 1. The van der Waals surface area contributed by atoms with Crippen LogP contribution in [0, 0.1) is 0 Å². The molecule has 1 amide bonds. The third kappa shape index (κ3) is 4.20. The van der Waals surface area contributed by atoms with Gasteiger partial charge in [-0.15, -0.1) is 0 Å². The predicted octanol–water partition coefficient (Wildman–Crippen LogP) is 3.69. The molecule has 0 atom stereocenters. The molecule has 2 aromatic carbocycles. The van der Waals surface area contributed by atoms with Gasteiger partial charge in [-0.25, -0.2) is 0 Å².